The Bertz CT molecular complexity index is 443. The predicted molar refractivity (Wildman–Crippen MR) is 70.0 cm³/mol. The van der Waals surface area contributed by atoms with Crippen molar-refractivity contribution in [2.24, 2.45) is 0 Å². The number of aliphatic carboxylic acids is 1. The van der Waals surface area contributed by atoms with Gasteiger partial charge in [-0.1, -0.05) is 19.8 Å². The molecule has 5 nitrogen and oxygen atoms in total. The molecule has 1 amide bonds. The Morgan fingerprint density at radius 1 is 1.44 bits per heavy atom. The Morgan fingerprint density at radius 2 is 2.11 bits per heavy atom. The van der Waals surface area contributed by atoms with Crippen molar-refractivity contribution in [1.29, 1.82) is 0 Å². The number of hydrogen-bond acceptors (Lipinski definition) is 4. The van der Waals surface area contributed by atoms with E-state index in [-0.39, 0.29) is 0 Å². The summed E-state index contributed by atoms with van der Waals surface area (Å²) < 4.78 is 0. The van der Waals surface area contributed by atoms with Crippen LogP contribution in [0.2, 0.25) is 0 Å². The highest BCUT2D eigenvalue weighted by molar-refractivity contribution is 7.11. The minimum absolute atomic E-state index is 0.334. The fourth-order valence-electron chi connectivity index (χ4n) is 1.63. The quantitative estimate of drug-likeness (QED) is 0.830. The second-order valence-electron chi connectivity index (χ2n) is 4.14. The smallest absolute Gasteiger partial charge is 0.326 e. The molecule has 0 saturated carbocycles. The molecular weight excluding hydrogens is 252 g/mol. The molecule has 0 unspecified atom stereocenters. The fraction of sp³-hybridized carbons (Fsp3) is 0.583. The molecule has 0 aromatic carbocycles. The predicted octanol–water partition coefficient (Wildman–Crippen LogP) is 2.13. The Balaban J connectivity index is 2.72. The lowest BCUT2D eigenvalue weighted by molar-refractivity contribution is -0.139. The van der Waals surface area contributed by atoms with Crippen molar-refractivity contribution >= 4 is 23.2 Å². The van der Waals surface area contributed by atoms with Gasteiger partial charge in [0, 0.05) is 4.88 Å². The summed E-state index contributed by atoms with van der Waals surface area (Å²) in [6.07, 6.45) is 2.11. The van der Waals surface area contributed by atoms with Gasteiger partial charge in [-0.25, -0.2) is 9.78 Å². The lowest BCUT2D eigenvalue weighted by Gasteiger charge is -2.13. The molecule has 1 heterocycles. The Kier molecular flexibility index (Phi) is 5.27. The molecule has 2 N–H and O–H groups in total. The average Bonchev–Trinajstić information content (AvgIpc) is 2.63. The maximum Gasteiger partial charge on any atom is 0.326 e. The summed E-state index contributed by atoms with van der Waals surface area (Å²) in [6.45, 7) is 5.61. The molecule has 0 fully saturated rings. The van der Waals surface area contributed by atoms with Crippen LogP contribution in [0.5, 0.6) is 0 Å². The highest BCUT2D eigenvalue weighted by Gasteiger charge is 2.22. The van der Waals surface area contributed by atoms with Gasteiger partial charge in [-0.05, 0) is 20.3 Å². The van der Waals surface area contributed by atoms with Gasteiger partial charge in [0.05, 0.1) is 5.01 Å². The second-order valence-corrected chi connectivity index (χ2v) is 5.55. The molecule has 1 rings (SSSR count). The second kappa shape index (κ2) is 6.49. The number of carbonyl (C=O) groups is 2. The van der Waals surface area contributed by atoms with Crippen molar-refractivity contribution in [3.8, 4) is 0 Å². The van der Waals surface area contributed by atoms with Gasteiger partial charge >= 0.3 is 5.97 Å². The molecule has 1 atom stereocenters. The van der Waals surface area contributed by atoms with Crippen LogP contribution in [0.1, 0.15) is 46.6 Å². The lowest BCUT2D eigenvalue weighted by Crippen LogP contribution is -2.41. The van der Waals surface area contributed by atoms with E-state index in [1.165, 1.54) is 11.3 Å². The first-order valence-corrected chi connectivity index (χ1v) is 6.75. The third-order valence-electron chi connectivity index (χ3n) is 2.57. The molecule has 6 heteroatoms. The summed E-state index contributed by atoms with van der Waals surface area (Å²) >= 11 is 1.43. The zero-order chi connectivity index (χ0) is 13.7. The van der Waals surface area contributed by atoms with E-state index in [0.717, 1.165) is 22.7 Å². The Labute approximate surface area is 110 Å². The maximum absolute atomic E-state index is 11.9. The fourth-order valence-corrected chi connectivity index (χ4v) is 2.45. The van der Waals surface area contributed by atoms with Gasteiger partial charge in [0.15, 0.2) is 0 Å². The summed E-state index contributed by atoms with van der Waals surface area (Å²) in [7, 11) is 0. The van der Waals surface area contributed by atoms with Gasteiger partial charge in [-0.15, -0.1) is 11.3 Å². The van der Waals surface area contributed by atoms with Crippen molar-refractivity contribution in [2.75, 3.05) is 0 Å². The molecule has 0 aliphatic carbocycles. The number of carboxylic acids is 1. The van der Waals surface area contributed by atoms with Crippen molar-refractivity contribution in [2.45, 2.75) is 46.1 Å². The standard InChI is InChI=1S/C12H18N2O3S/c1-4-5-6-9(12(16)17)14-11(15)10-7(2)18-8(3)13-10/h9H,4-6H2,1-3H3,(H,14,15)(H,16,17)/t9-/m0/s1. The van der Waals surface area contributed by atoms with Crippen molar-refractivity contribution in [3.05, 3.63) is 15.6 Å². The van der Waals surface area contributed by atoms with Gasteiger partial charge in [-0.2, -0.15) is 0 Å². The van der Waals surface area contributed by atoms with E-state index in [4.69, 9.17) is 5.11 Å². The monoisotopic (exact) mass is 270 g/mol. The minimum Gasteiger partial charge on any atom is -0.480 e. The molecule has 0 spiro atoms. The topological polar surface area (TPSA) is 79.3 Å². The van der Waals surface area contributed by atoms with Crippen LogP contribution in [-0.2, 0) is 4.79 Å². The Hall–Kier alpha value is -1.43. The van der Waals surface area contributed by atoms with Gasteiger partial charge in [0.1, 0.15) is 11.7 Å². The van der Waals surface area contributed by atoms with E-state index in [0.29, 0.717) is 12.1 Å². The molecule has 0 aliphatic heterocycles. The first-order chi connectivity index (χ1) is 8.45. The van der Waals surface area contributed by atoms with Crippen LogP contribution in [0, 0.1) is 13.8 Å². The van der Waals surface area contributed by atoms with Gasteiger partial charge in [0.2, 0.25) is 0 Å². The van der Waals surface area contributed by atoms with Gasteiger partial charge in [0.25, 0.3) is 5.91 Å². The zero-order valence-electron chi connectivity index (χ0n) is 10.8. The summed E-state index contributed by atoms with van der Waals surface area (Å²) in [5.41, 5.74) is 0.334. The minimum atomic E-state index is -0.999. The molecule has 0 aliphatic rings. The molecule has 100 valence electrons. The van der Waals surface area contributed by atoms with E-state index >= 15 is 0 Å². The molecule has 0 bridgehead atoms. The lowest BCUT2D eigenvalue weighted by atomic mass is 10.1. The molecule has 0 saturated heterocycles. The molecule has 18 heavy (non-hydrogen) atoms. The number of amides is 1. The van der Waals surface area contributed by atoms with Crippen LogP contribution in [0.4, 0.5) is 0 Å². The van der Waals surface area contributed by atoms with E-state index < -0.39 is 17.9 Å². The summed E-state index contributed by atoms with van der Waals surface area (Å²) in [5, 5.41) is 12.4. The van der Waals surface area contributed by atoms with E-state index in [9.17, 15) is 9.59 Å². The number of thiazole rings is 1. The third-order valence-corrected chi connectivity index (χ3v) is 3.45. The van der Waals surface area contributed by atoms with E-state index in [2.05, 4.69) is 10.3 Å². The summed E-state index contributed by atoms with van der Waals surface area (Å²) in [5.74, 6) is -1.40. The SMILES string of the molecule is CCCC[C@H](NC(=O)c1nc(C)sc1C)C(=O)O. The molecular formula is C12H18N2O3S. The molecule has 1 aromatic heterocycles. The van der Waals surface area contributed by atoms with Gasteiger partial charge < -0.3 is 10.4 Å². The largest absolute Gasteiger partial charge is 0.480 e. The van der Waals surface area contributed by atoms with Crippen molar-refractivity contribution in [1.82, 2.24) is 10.3 Å². The number of unbranched alkanes of at least 4 members (excludes halogenated alkanes) is 1. The van der Waals surface area contributed by atoms with Crippen molar-refractivity contribution < 1.29 is 14.7 Å². The summed E-state index contributed by atoms with van der Waals surface area (Å²) in [6, 6.07) is -0.834. The molecule has 0 radical (unpaired) electrons. The number of carbonyl (C=O) groups excluding carboxylic acids is 1. The highest BCUT2D eigenvalue weighted by Crippen LogP contribution is 2.16. The number of aryl methyl sites for hydroxylation is 2. The number of hydrogen-bond donors (Lipinski definition) is 2. The normalized spacial score (nSPS) is 12.2. The summed E-state index contributed by atoms with van der Waals surface area (Å²) in [4.78, 5) is 27.9. The number of rotatable bonds is 6. The first-order valence-electron chi connectivity index (χ1n) is 5.93. The van der Waals surface area contributed by atoms with Crippen LogP contribution < -0.4 is 5.32 Å². The third kappa shape index (κ3) is 3.80. The van der Waals surface area contributed by atoms with Crippen LogP contribution in [0.25, 0.3) is 0 Å². The number of aromatic nitrogens is 1. The Morgan fingerprint density at radius 3 is 2.56 bits per heavy atom. The number of nitrogens with zero attached hydrogens (tertiary/aromatic N) is 1. The van der Waals surface area contributed by atoms with E-state index in [1.54, 1.807) is 6.92 Å². The van der Waals surface area contributed by atoms with Crippen LogP contribution in [0.15, 0.2) is 0 Å². The zero-order valence-corrected chi connectivity index (χ0v) is 11.6. The number of nitrogens with one attached hydrogen (secondary N) is 1. The van der Waals surface area contributed by atoms with Crippen molar-refractivity contribution in [3.63, 3.8) is 0 Å². The van der Waals surface area contributed by atoms with Gasteiger partial charge in [-0.3, -0.25) is 4.79 Å². The van der Waals surface area contributed by atoms with E-state index in [1.807, 2.05) is 13.8 Å². The first kappa shape index (κ1) is 14.6. The van der Waals surface area contributed by atoms with Crippen LogP contribution in [-0.4, -0.2) is 28.0 Å². The van der Waals surface area contributed by atoms with Crippen LogP contribution in [0.3, 0.4) is 0 Å². The number of carboxylic acid groups (broad SMARTS) is 1. The molecule has 1 aromatic rings. The maximum atomic E-state index is 11.9. The highest BCUT2D eigenvalue weighted by atomic mass is 32.1. The average molecular weight is 270 g/mol. The van der Waals surface area contributed by atoms with Crippen LogP contribution >= 0.6 is 11.3 Å².